The Morgan fingerprint density at radius 1 is 0.417 bits per heavy atom. The Kier molecular flexibility index (Phi) is 50.6. The third kappa shape index (κ3) is 51.1. The first kappa shape index (κ1) is 68.1. The number of phosphoric ester groups is 1. The van der Waals surface area contributed by atoms with Crippen LogP contribution in [0.4, 0.5) is 0 Å². The number of aliphatic hydroxyl groups is 1. The standard InChI is InChI=1S/C60H99O11P/c1-4-7-10-13-16-19-22-25-27-28-30-32-34-37-40-43-46-49-58(62)67-53-57(71-60(64)51-48-45-42-39-36-33-29-26-23-20-17-14-11-8-5-2)55-69-72(65,66)68-54-56(52-61)70-59(63)50-47-44-41-38-35-31-24-21-18-15-12-9-6-3/h7-8,10-11,16-17,19-21,24-27,29,36,39,45,48,56-57,61H,4-6,9,12-15,18,22-23,28,30-35,37-38,40-44,46-47,49-55H2,1-3H3,(H,65,66)/b10-7-,11-8-,19-16-,20-17-,24-21-,27-25-,29-26-,39-36-,48-45-. The number of rotatable bonds is 50. The molecule has 0 bridgehead atoms. The van der Waals surface area contributed by atoms with Crippen LogP contribution in [0.3, 0.4) is 0 Å². The largest absolute Gasteiger partial charge is 0.472 e. The molecule has 410 valence electrons. The van der Waals surface area contributed by atoms with Gasteiger partial charge in [-0.3, -0.25) is 23.4 Å². The maximum atomic E-state index is 12.9. The number of esters is 3. The summed E-state index contributed by atoms with van der Waals surface area (Å²) in [6, 6.07) is 0. The van der Waals surface area contributed by atoms with Crippen molar-refractivity contribution in [3.63, 3.8) is 0 Å². The van der Waals surface area contributed by atoms with Gasteiger partial charge in [0.25, 0.3) is 0 Å². The molecule has 0 aliphatic rings. The van der Waals surface area contributed by atoms with Crippen molar-refractivity contribution in [1.82, 2.24) is 0 Å². The maximum Gasteiger partial charge on any atom is 0.472 e. The monoisotopic (exact) mass is 1030 g/mol. The fraction of sp³-hybridized carbons (Fsp3) is 0.650. The lowest BCUT2D eigenvalue weighted by molar-refractivity contribution is -0.160. The van der Waals surface area contributed by atoms with Crippen LogP contribution in [0.15, 0.2) is 109 Å². The van der Waals surface area contributed by atoms with Gasteiger partial charge in [0.05, 0.1) is 26.2 Å². The first-order chi connectivity index (χ1) is 35.2. The molecule has 0 aliphatic carbocycles. The average Bonchev–Trinajstić information content (AvgIpc) is 3.37. The van der Waals surface area contributed by atoms with Crippen LogP contribution in [-0.2, 0) is 42.2 Å². The van der Waals surface area contributed by atoms with Crippen molar-refractivity contribution in [1.29, 1.82) is 0 Å². The van der Waals surface area contributed by atoms with E-state index in [0.717, 1.165) is 116 Å². The molecule has 0 aromatic carbocycles. The molecule has 12 heteroatoms. The number of hydrogen-bond acceptors (Lipinski definition) is 10. The Bertz CT molecular complexity index is 1620. The quantitative estimate of drug-likeness (QED) is 0.0197. The highest BCUT2D eigenvalue weighted by molar-refractivity contribution is 7.47. The van der Waals surface area contributed by atoms with Gasteiger partial charge in [0.2, 0.25) is 0 Å². The Balaban J connectivity index is 4.87. The molecule has 0 saturated carbocycles. The molecule has 0 aromatic heterocycles. The first-order valence-corrected chi connectivity index (χ1v) is 29.3. The number of carbonyl (C=O) groups excluding carboxylic acids is 3. The zero-order valence-corrected chi connectivity index (χ0v) is 46.0. The Hall–Kier alpha value is -3.86. The van der Waals surface area contributed by atoms with E-state index in [2.05, 4.69) is 106 Å². The molecule has 0 amide bonds. The van der Waals surface area contributed by atoms with Gasteiger partial charge in [0, 0.05) is 12.8 Å². The molecule has 0 spiro atoms. The third-order valence-electron chi connectivity index (χ3n) is 11.2. The summed E-state index contributed by atoms with van der Waals surface area (Å²) in [7, 11) is -4.78. The minimum absolute atomic E-state index is 0.0720. The van der Waals surface area contributed by atoms with Gasteiger partial charge < -0.3 is 24.2 Å². The zero-order chi connectivity index (χ0) is 52.7. The fourth-order valence-electron chi connectivity index (χ4n) is 7.03. The van der Waals surface area contributed by atoms with Crippen molar-refractivity contribution in [2.24, 2.45) is 0 Å². The number of carbonyl (C=O) groups is 3. The maximum absolute atomic E-state index is 12.9. The fourth-order valence-corrected chi connectivity index (χ4v) is 7.81. The summed E-state index contributed by atoms with van der Waals surface area (Å²) in [6.07, 6.45) is 63.7. The van der Waals surface area contributed by atoms with Gasteiger partial charge in [0.15, 0.2) is 6.10 Å². The molecular formula is C60H99O11P. The normalized spacial score (nSPS) is 14.2. The van der Waals surface area contributed by atoms with Crippen LogP contribution in [0.5, 0.6) is 0 Å². The van der Waals surface area contributed by atoms with Gasteiger partial charge in [0.1, 0.15) is 12.7 Å². The Morgan fingerprint density at radius 2 is 0.778 bits per heavy atom. The van der Waals surface area contributed by atoms with Crippen molar-refractivity contribution < 1.29 is 52.2 Å². The van der Waals surface area contributed by atoms with Crippen LogP contribution in [-0.4, -0.2) is 66.5 Å². The Morgan fingerprint density at radius 3 is 1.24 bits per heavy atom. The number of unbranched alkanes of at least 4 members (excludes halogenated alkanes) is 16. The van der Waals surface area contributed by atoms with E-state index < -0.39 is 57.8 Å². The van der Waals surface area contributed by atoms with Gasteiger partial charge >= 0.3 is 25.7 Å². The average molecular weight is 1030 g/mol. The highest BCUT2D eigenvalue weighted by Crippen LogP contribution is 2.43. The third-order valence-corrected chi connectivity index (χ3v) is 12.1. The molecule has 2 N–H and O–H groups in total. The molecular weight excluding hydrogens is 928 g/mol. The SMILES string of the molecule is CC/C=C\C/C=C\C/C=C\C/C=C\C/C=C\CC(=O)OC(COC(=O)CCCCCCCCC/C=C\C/C=C\C/C=C\CC)COP(=O)(O)OCC(CO)OC(=O)CCCCCCC/C=C\CCCCCC. The van der Waals surface area contributed by atoms with E-state index >= 15 is 0 Å². The van der Waals surface area contributed by atoms with E-state index in [4.69, 9.17) is 23.3 Å². The predicted molar refractivity (Wildman–Crippen MR) is 297 cm³/mol. The molecule has 0 saturated heterocycles. The highest BCUT2D eigenvalue weighted by Gasteiger charge is 2.28. The van der Waals surface area contributed by atoms with Crippen LogP contribution in [0, 0.1) is 0 Å². The van der Waals surface area contributed by atoms with Crippen LogP contribution in [0.25, 0.3) is 0 Å². The molecule has 0 fully saturated rings. The summed E-state index contributed by atoms with van der Waals surface area (Å²) >= 11 is 0. The zero-order valence-electron chi connectivity index (χ0n) is 45.1. The van der Waals surface area contributed by atoms with Gasteiger partial charge in [-0.1, -0.05) is 201 Å². The van der Waals surface area contributed by atoms with Crippen LogP contribution in [0.2, 0.25) is 0 Å². The molecule has 3 unspecified atom stereocenters. The summed E-state index contributed by atoms with van der Waals surface area (Å²) in [5.41, 5.74) is 0. The summed E-state index contributed by atoms with van der Waals surface area (Å²) in [4.78, 5) is 48.4. The molecule has 0 aromatic rings. The number of hydrogen-bond donors (Lipinski definition) is 2. The van der Waals surface area contributed by atoms with Crippen LogP contribution in [0.1, 0.15) is 213 Å². The summed E-state index contributed by atoms with van der Waals surface area (Å²) in [6.45, 7) is 4.26. The summed E-state index contributed by atoms with van der Waals surface area (Å²) in [5.74, 6) is -1.65. The molecule has 0 radical (unpaired) electrons. The lowest BCUT2D eigenvalue weighted by Crippen LogP contribution is -2.30. The highest BCUT2D eigenvalue weighted by atomic mass is 31.2. The summed E-state index contributed by atoms with van der Waals surface area (Å²) in [5, 5.41) is 9.79. The van der Waals surface area contributed by atoms with E-state index in [1.54, 1.807) is 6.08 Å². The van der Waals surface area contributed by atoms with E-state index in [9.17, 15) is 28.9 Å². The van der Waals surface area contributed by atoms with Gasteiger partial charge in [-0.15, -0.1) is 0 Å². The number of ether oxygens (including phenoxy) is 3. The van der Waals surface area contributed by atoms with Gasteiger partial charge in [-0.05, 0) is 103 Å². The van der Waals surface area contributed by atoms with Crippen molar-refractivity contribution >= 4 is 25.7 Å². The van der Waals surface area contributed by atoms with Crippen molar-refractivity contribution in [3.05, 3.63) is 109 Å². The second-order valence-electron chi connectivity index (χ2n) is 18.0. The lowest BCUT2D eigenvalue weighted by atomic mass is 10.1. The summed E-state index contributed by atoms with van der Waals surface area (Å²) < 4.78 is 39.3. The smallest absolute Gasteiger partial charge is 0.462 e. The molecule has 72 heavy (non-hydrogen) atoms. The molecule has 0 rings (SSSR count). The number of aliphatic hydroxyl groups excluding tert-OH is 1. The van der Waals surface area contributed by atoms with Crippen molar-refractivity contribution in [3.8, 4) is 0 Å². The van der Waals surface area contributed by atoms with Gasteiger partial charge in [-0.25, -0.2) is 4.57 Å². The van der Waals surface area contributed by atoms with Crippen molar-refractivity contribution in [2.75, 3.05) is 26.4 Å². The minimum Gasteiger partial charge on any atom is -0.462 e. The van der Waals surface area contributed by atoms with Gasteiger partial charge in [-0.2, -0.15) is 0 Å². The molecule has 3 atom stereocenters. The minimum atomic E-state index is -4.78. The second-order valence-corrected chi connectivity index (χ2v) is 19.4. The van der Waals surface area contributed by atoms with Crippen LogP contribution >= 0.6 is 7.82 Å². The Labute approximate surface area is 437 Å². The second kappa shape index (κ2) is 53.4. The van der Waals surface area contributed by atoms with E-state index in [-0.39, 0.29) is 25.9 Å². The number of allylic oxidation sites excluding steroid dienone is 17. The molecule has 11 nitrogen and oxygen atoms in total. The first-order valence-electron chi connectivity index (χ1n) is 27.8. The van der Waals surface area contributed by atoms with E-state index in [1.807, 2.05) is 18.2 Å². The van der Waals surface area contributed by atoms with Crippen LogP contribution < -0.4 is 0 Å². The van der Waals surface area contributed by atoms with E-state index in [0.29, 0.717) is 19.3 Å². The molecule has 0 aliphatic heterocycles. The predicted octanol–water partition coefficient (Wildman–Crippen LogP) is 16.2. The topological polar surface area (TPSA) is 155 Å². The van der Waals surface area contributed by atoms with Crippen molar-refractivity contribution in [2.45, 2.75) is 226 Å². The molecule has 0 heterocycles. The number of phosphoric acid groups is 1. The van der Waals surface area contributed by atoms with E-state index in [1.165, 1.54) is 38.5 Å². The lowest BCUT2D eigenvalue weighted by Gasteiger charge is -2.21.